The molecule has 1 unspecified atom stereocenters. The van der Waals surface area contributed by atoms with E-state index in [-0.39, 0.29) is 0 Å². The third-order valence-electron chi connectivity index (χ3n) is 2.52. The van der Waals surface area contributed by atoms with Crippen LogP contribution in [0, 0.1) is 0 Å². The average molecular weight is 215 g/mol. The molecular weight excluding hydrogens is 201 g/mol. The maximum atomic E-state index is 13.7. The molecule has 1 saturated heterocycles. The first-order chi connectivity index (χ1) is 6.66. The van der Waals surface area contributed by atoms with Crippen LogP contribution in [-0.4, -0.2) is 33.2 Å². The summed E-state index contributed by atoms with van der Waals surface area (Å²) in [4.78, 5) is 2.11. The molecule has 1 aliphatic rings. The molecule has 0 saturated carbocycles. The highest BCUT2D eigenvalue weighted by atomic mass is 32.1. The lowest BCUT2D eigenvalue weighted by molar-refractivity contribution is 0.0556. The van der Waals surface area contributed by atoms with Gasteiger partial charge in [-0.25, -0.2) is 4.39 Å². The number of alkyl halides is 1. The fraction of sp³-hybridized carbons (Fsp3) is 0.778. The molecule has 0 amide bonds. The largest absolute Gasteiger partial charge is 0.294 e. The van der Waals surface area contributed by atoms with Gasteiger partial charge in [-0.2, -0.15) is 0 Å². The van der Waals surface area contributed by atoms with Crippen LogP contribution in [0.2, 0.25) is 0 Å². The van der Waals surface area contributed by atoms with Gasteiger partial charge in [-0.3, -0.25) is 4.90 Å². The van der Waals surface area contributed by atoms with Gasteiger partial charge in [0.1, 0.15) is 5.67 Å². The fourth-order valence-corrected chi connectivity index (χ4v) is 2.36. The molecule has 78 valence electrons. The molecule has 2 heterocycles. The first-order valence-electron chi connectivity index (χ1n) is 4.83. The van der Waals surface area contributed by atoms with Crippen molar-refractivity contribution in [1.82, 2.24) is 14.5 Å². The van der Waals surface area contributed by atoms with Gasteiger partial charge >= 0.3 is 0 Å². The summed E-state index contributed by atoms with van der Waals surface area (Å²) in [5, 5.41) is 5.88. The van der Waals surface area contributed by atoms with Gasteiger partial charge in [0.15, 0.2) is 0 Å². The Labute approximate surface area is 87.1 Å². The molecule has 0 radical (unpaired) electrons. The van der Waals surface area contributed by atoms with E-state index in [1.165, 1.54) is 11.5 Å². The van der Waals surface area contributed by atoms with Crippen LogP contribution in [0.4, 0.5) is 4.39 Å². The Morgan fingerprint density at radius 1 is 1.71 bits per heavy atom. The summed E-state index contributed by atoms with van der Waals surface area (Å²) in [6.45, 7) is 3.90. The lowest BCUT2D eigenvalue weighted by Crippen LogP contribution is -2.42. The van der Waals surface area contributed by atoms with Crippen molar-refractivity contribution in [3.05, 3.63) is 11.1 Å². The van der Waals surface area contributed by atoms with Gasteiger partial charge in [-0.15, -0.1) is 5.10 Å². The molecule has 0 aliphatic carbocycles. The van der Waals surface area contributed by atoms with Crippen LogP contribution in [0.25, 0.3) is 0 Å². The molecule has 2 rings (SSSR count). The standard InChI is InChI=1S/C9H14FN3S/c1-9(10)3-2-4-13(7-9)5-8-6-14-12-11-8/h6H,2-5,7H2,1H3. The zero-order valence-electron chi connectivity index (χ0n) is 8.24. The van der Waals surface area contributed by atoms with Crippen LogP contribution in [0.3, 0.4) is 0 Å². The molecule has 0 spiro atoms. The number of halogens is 1. The predicted molar refractivity (Wildman–Crippen MR) is 53.9 cm³/mol. The van der Waals surface area contributed by atoms with E-state index in [0.717, 1.165) is 25.2 Å². The molecule has 14 heavy (non-hydrogen) atoms. The summed E-state index contributed by atoms with van der Waals surface area (Å²) >= 11 is 1.35. The van der Waals surface area contributed by atoms with Crippen LogP contribution >= 0.6 is 11.5 Å². The van der Waals surface area contributed by atoms with E-state index in [1.807, 2.05) is 5.38 Å². The van der Waals surface area contributed by atoms with Crippen molar-refractivity contribution in [2.24, 2.45) is 0 Å². The Hall–Kier alpha value is -0.550. The van der Waals surface area contributed by atoms with Crippen molar-refractivity contribution in [2.75, 3.05) is 13.1 Å². The first-order valence-corrected chi connectivity index (χ1v) is 5.67. The molecule has 3 nitrogen and oxygen atoms in total. The van der Waals surface area contributed by atoms with E-state index in [0.29, 0.717) is 13.0 Å². The number of hydrogen-bond acceptors (Lipinski definition) is 4. The van der Waals surface area contributed by atoms with E-state index in [4.69, 9.17) is 0 Å². The van der Waals surface area contributed by atoms with Crippen molar-refractivity contribution in [1.29, 1.82) is 0 Å². The number of likely N-dealkylation sites (tertiary alicyclic amines) is 1. The monoisotopic (exact) mass is 215 g/mol. The van der Waals surface area contributed by atoms with Gasteiger partial charge in [0.05, 0.1) is 5.69 Å². The SMILES string of the molecule is CC1(F)CCCN(Cc2csnn2)C1. The Morgan fingerprint density at radius 3 is 3.21 bits per heavy atom. The summed E-state index contributed by atoms with van der Waals surface area (Å²) in [5.74, 6) is 0. The molecule has 1 aromatic rings. The molecule has 0 N–H and O–H groups in total. The maximum Gasteiger partial charge on any atom is 0.120 e. The minimum Gasteiger partial charge on any atom is -0.294 e. The van der Waals surface area contributed by atoms with Gasteiger partial charge in [-0.05, 0) is 37.8 Å². The van der Waals surface area contributed by atoms with Crippen LogP contribution in [0.5, 0.6) is 0 Å². The van der Waals surface area contributed by atoms with Gasteiger partial charge in [0.25, 0.3) is 0 Å². The van der Waals surface area contributed by atoms with Crippen LogP contribution in [0.15, 0.2) is 5.38 Å². The Kier molecular flexibility index (Phi) is 2.78. The Morgan fingerprint density at radius 2 is 2.57 bits per heavy atom. The summed E-state index contributed by atoms with van der Waals surface area (Å²) in [6.07, 6.45) is 1.61. The minimum atomic E-state index is -1.03. The first kappa shape index (κ1) is 9.98. The van der Waals surface area contributed by atoms with E-state index in [9.17, 15) is 4.39 Å². The van der Waals surface area contributed by atoms with Crippen LogP contribution in [0.1, 0.15) is 25.5 Å². The second kappa shape index (κ2) is 3.90. The van der Waals surface area contributed by atoms with Crippen LogP contribution < -0.4 is 0 Å². The molecular formula is C9H14FN3S. The predicted octanol–water partition coefficient (Wildman–Crippen LogP) is 1.86. The topological polar surface area (TPSA) is 29.0 Å². The van der Waals surface area contributed by atoms with E-state index >= 15 is 0 Å². The van der Waals surface area contributed by atoms with Crippen molar-refractivity contribution in [3.63, 3.8) is 0 Å². The summed E-state index contributed by atoms with van der Waals surface area (Å²) < 4.78 is 17.5. The van der Waals surface area contributed by atoms with Gasteiger partial charge in [-0.1, -0.05) is 4.49 Å². The summed E-state index contributed by atoms with van der Waals surface area (Å²) in [6, 6.07) is 0. The van der Waals surface area contributed by atoms with Gasteiger partial charge < -0.3 is 0 Å². The quantitative estimate of drug-likeness (QED) is 0.754. The smallest absolute Gasteiger partial charge is 0.120 e. The molecule has 0 aromatic carbocycles. The Balaban J connectivity index is 1.92. The van der Waals surface area contributed by atoms with Crippen molar-refractivity contribution >= 4 is 11.5 Å². The third kappa shape index (κ3) is 2.48. The third-order valence-corrected chi connectivity index (χ3v) is 3.07. The second-order valence-electron chi connectivity index (χ2n) is 4.12. The maximum absolute atomic E-state index is 13.7. The number of rotatable bonds is 2. The van der Waals surface area contributed by atoms with Crippen LogP contribution in [-0.2, 0) is 6.54 Å². The van der Waals surface area contributed by atoms with Gasteiger partial charge in [0, 0.05) is 18.5 Å². The molecule has 1 fully saturated rings. The highest BCUT2D eigenvalue weighted by Gasteiger charge is 2.30. The number of piperidine rings is 1. The molecule has 1 aliphatic heterocycles. The van der Waals surface area contributed by atoms with E-state index < -0.39 is 5.67 Å². The zero-order valence-corrected chi connectivity index (χ0v) is 9.06. The zero-order chi connectivity index (χ0) is 10.0. The summed E-state index contributed by atoms with van der Waals surface area (Å²) in [7, 11) is 0. The van der Waals surface area contributed by atoms with Crippen molar-refractivity contribution in [2.45, 2.75) is 32.0 Å². The lowest BCUT2D eigenvalue weighted by Gasteiger charge is -2.34. The van der Waals surface area contributed by atoms with E-state index in [2.05, 4.69) is 14.5 Å². The van der Waals surface area contributed by atoms with E-state index in [1.54, 1.807) is 6.92 Å². The molecule has 5 heteroatoms. The second-order valence-corrected chi connectivity index (χ2v) is 4.73. The lowest BCUT2D eigenvalue weighted by atomic mass is 9.97. The number of hydrogen-bond donors (Lipinski definition) is 0. The highest BCUT2D eigenvalue weighted by Crippen LogP contribution is 2.25. The molecule has 0 bridgehead atoms. The average Bonchev–Trinajstić information content (AvgIpc) is 2.54. The van der Waals surface area contributed by atoms with Gasteiger partial charge in [0.2, 0.25) is 0 Å². The fourth-order valence-electron chi connectivity index (χ4n) is 1.91. The molecule has 1 atom stereocenters. The number of aromatic nitrogens is 2. The van der Waals surface area contributed by atoms with Crippen molar-refractivity contribution in [3.8, 4) is 0 Å². The number of nitrogens with zero attached hydrogens (tertiary/aromatic N) is 3. The molecule has 1 aromatic heterocycles. The highest BCUT2D eigenvalue weighted by molar-refractivity contribution is 7.03. The minimum absolute atomic E-state index is 0.518. The Bertz CT molecular complexity index is 286. The normalized spacial score (nSPS) is 29.3. The van der Waals surface area contributed by atoms with Crippen molar-refractivity contribution < 1.29 is 4.39 Å². The summed E-state index contributed by atoms with van der Waals surface area (Å²) in [5.41, 5.74) is -0.0745.